The SMILES string of the molecule is CC1/C=C\C=C/CC2=C(B3c4ccc(-c5cccc6c5oc5ccccc56)cc4Sc4cccc(c43)N2c2ccccc2)C1(C)C. The zero-order valence-electron chi connectivity index (χ0n) is 26.3. The van der Waals surface area contributed by atoms with Crippen LogP contribution >= 0.6 is 11.8 Å². The van der Waals surface area contributed by atoms with Crippen molar-refractivity contribution in [1.82, 2.24) is 0 Å². The molecular formula is C42H34BNOS. The lowest BCUT2D eigenvalue weighted by atomic mass is 9.30. The highest BCUT2D eigenvalue weighted by molar-refractivity contribution is 8.00. The number of para-hydroxylation sites is 3. The molecule has 3 heterocycles. The van der Waals surface area contributed by atoms with Crippen LogP contribution < -0.4 is 15.8 Å². The molecule has 0 bridgehead atoms. The molecule has 0 spiro atoms. The maximum atomic E-state index is 6.47. The fourth-order valence-electron chi connectivity index (χ4n) is 7.91. The van der Waals surface area contributed by atoms with Crippen LogP contribution in [0, 0.1) is 11.3 Å². The van der Waals surface area contributed by atoms with E-state index in [1.807, 2.05) is 17.8 Å². The lowest BCUT2D eigenvalue weighted by Gasteiger charge is -2.47. The Kier molecular flexibility index (Phi) is 6.27. The van der Waals surface area contributed by atoms with Gasteiger partial charge in [-0.25, -0.2) is 0 Å². The van der Waals surface area contributed by atoms with Crippen LogP contribution in [0.1, 0.15) is 27.2 Å². The lowest BCUT2D eigenvalue weighted by molar-refractivity contribution is 0.354. The van der Waals surface area contributed by atoms with Crippen molar-refractivity contribution in [3.63, 3.8) is 0 Å². The number of anilines is 2. The summed E-state index contributed by atoms with van der Waals surface area (Å²) in [5.41, 5.74) is 12.4. The summed E-state index contributed by atoms with van der Waals surface area (Å²) in [4.78, 5) is 5.22. The summed E-state index contributed by atoms with van der Waals surface area (Å²) in [6, 6.07) is 39.9. The van der Waals surface area contributed by atoms with Crippen molar-refractivity contribution in [2.24, 2.45) is 11.3 Å². The number of benzene rings is 5. The predicted molar refractivity (Wildman–Crippen MR) is 196 cm³/mol. The Morgan fingerprint density at radius 3 is 2.50 bits per heavy atom. The smallest absolute Gasteiger partial charge is 0.245 e. The maximum Gasteiger partial charge on any atom is 0.245 e. The van der Waals surface area contributed by atoms with E-state index in [0.717, 1.165) is 28.5 Å². The van der Waals surface area contributed by atoms with Crippen LogP contribution in [-0.4, -0.2) is 6.71 Å². The second-order valence-electron chi connectivity index (χ2n) is 13.3. The van der Waals surface area contributed by atoms with Gasteiger partial charge in [-0.2, -0.15) is 0 Å². The van der Waals surface area contributed by atoms with Gasteiger partial charge in [-0.15, -0.1) is 0 Å². The summed E-state index contributed by atoms with van der Waals surface area (Å²) in [6.45, 7) is 7.46. The highest BCUT2D eigenvalue weighted by Gasteiger charge is 2.47. The third kappa shape index (κ3) is 4.06. The number of allylic oxidation sites excluding steroid dienone is 5. The van der Waals surface area contributed by atoms with Crippen LogP contribution in [0.4, 0.5) is 11.4 Å². The zero-order chi connectivity index (χ0) is 31.0. The van der Waals surface area contributed by atoms with Gasteiger partial charge in [-0.05, 0) is 58.8 Å². The Hall–Kier alpha value is -4.67. The number of hydrogen-bond acceptors (Lipinski definition) is 3. The molecule has 0 N–H and O–H groups in total. The standard InChI is InChI=1S/C42H34BNOS/c1-27-14-6-4-9-20-35-41(42(27,2)3)43-33-25-24-28(30-18-12-19-32-31-17-10-11-22-36(31)45-40(30)32)26-38(33)46-37-23-13-21-34(39(37)43)44(35)29-15-7-5-8-16-29/h4-19,21-27H,20H2,1-3H3/b9-4-,14-6-. The molecule has 0 amide bonds. The van der Waals surface area contributed by atoms with Gasteiger partial charge in [0.2, 0.25) is 6.71 Å². The second kappa shape index (κ2) is 10.4. The van der Waals surface area contributed by atoms with Crippen LogP contribution in [0.3, 0.4) is 0 Å². The molecule has 1 unspecified atom stereocenters. The normalized spacial score (nSPS) is 19.6. The number of nitrogens with zero attached hydrogens (tertiary/aromatic N) is 1. The molecule has 0 radical (unpaired) electrons. The molecule has 2 nitrogen and oxygen atoms in total. The fourth-order valence-corrected chi connectivity index (χ4v) is 9.11. The Morgan fingerprint density at radius 1 is 0.804 bits per heavy atom. The summed E-state index contributed by atoms with van der Waals surface area (Å²) in [6.07, 6.45) is 10.1. The highest BCUT2D eigenvalue weighted by Crippen LogP contribution is 2.50. The molecule has 5 aromatic carbocycles. The van der Waals surface area contributed by atoms with E-state index >= 15 is 0 Å². The van der Waals surface area contributed by atoms with Crippen molar-refractivity contribution < 1.29 is 4.42 Å². The van der Waals surface area contributed by atoms with Gasteiger partial charge in [0.1, 0.15) is 11.2 Å². The van der Waals surface area contributed by atoms with Gasteiger partial charge >= 0.3 is 0 Å². The minimum absolute atomic E-state index is 0.0851. The van der Waals surface area contributed by atoms with E-state index in [2.05, 4.69) is 153 Å². The molecule has 222 valence electrons. The Bertz CT molecular complexity index is 2270. The van der Waals surface area contributed by atoms with Crippen molar-refractivity contribution >= 4 is 62.7 Å². The fraction of sp³-hybridized carbons (Fsp3) is 0.143. The van der Waals surface area contributed by atoms with E-state index in [1.54, 1.807) is 0 Å². The quantitative estimate of drug-likeness (QED) is 0.181. The van der Waals surface area contributed by atoms with Crippen LogP contribution in [0.2, 0.25) is 0 Å². The molecule has 4 heteroatoms. The molecule has 9 rings (SSSR count). The number of hydrogen-bond donors (Lipinski definition) is 0. The summed E-state index contributed by atoms with van der Waals surface area (Å²) in [5.74, 6) is 0.356. The van der Waals surface area contributed by atoms with Gasteiger partial charge in [-0.1, -0.05) is 141 Å². The van der Waals surface area contributed by atoms with Gasteiger partial charge in [0.25, 0.3) is 0 Å². The van der Waals surface area contributed by atoms with Crippen molar-refractivity contribution in [2.75, 3.05) is 4.90 Å². The van der Waals surface area contributed by atoms with Crippen LogP contribution in [-0.2, 0) is 0 Å². The Morgan fingerprint density at radius 2 is 1.61 bits per heavy atom. The first kappa shape index (κ1) is 27.6. The van der Waals surface area contributed by atoms with E-state index in [4.69, 9.17) is 4.42 Å². The van der Waals surface area contributed by atoms with Crippen LogP contribution in [0.5, 0.6) is 0 Å². The monoisotopic (exact) mass is 611 g/mol. The summed E-state index contributed by atoms with van der Waals surface area (Å²) in [5, 5.41) is 2.33. The molecule has 1 aliphatic carbocycles. The summed E-state index contributed by atoms with van der Waals surface area (Å²) in [7, 11) is 0. The molecule has 3 aliphatic rings. The number of furan rings is 1. The van der Waals surface area contributed by atoms with Crippen molar-refractivity contribution in [3.8, 4) is 11.1 Å². The largest absolute Gasteiger partial charge is 0.455 e. The number of rotatable bonds is 2. The minimum atomic E-state index is -0.0851. The molecule has 1 atom stereocenters. The first-order chi connectivity index (χ1) is 22.5. The molecule has 2 aliphatic heterocycles. The minimum Gasteiger partial charge on any atom is -0.455 e. The van der Waals surface area contributed by atoms with E-state index in [0.29, 0.717) is 5.92 Å². The molecular weight excluding hydrogens is 577 g/mol. The Labute approximate surface area is 275 Å². The molecule has 6 aromatic rings. The maximum absolute atomic E-state index is 6.47. The topological polar surface area (TPSA) is 16.4 Å². The average molecular weight is 612 g/mol. The van der Waals surface area contributed by atoms with Gasteiger partial charge in [0.15, 0.2) is 0 Å². The van der Waals surface area contributed by atoms with Crippen molar-refractivity contribution in [3.05, 3.63) is 145 Å². The lowest BCUT2D eigenvalue weighted by Crippen LogP contribution is -2.57. The molecule has 0 saturated carbocycles. The van der Waals surface area contributed by atoms with Crippen molar-refractivity contribution in [1.29, 1.82) is 0 Å². The molecule has 0 fully saturated rings. The zero-order valence-corrected chi connectivity index (χ0v) is 27.1. The second-order valence-corrected chi connectivity index (χ2v) is 14.4. The first-order valence-corrected chi connectivity index (χ1v) is 17.1. The van der Waals surface area contributed by atoms with E-state index < -0.39 is 0 Å². The van der Waals surface area contributed by atoms with Gasteiger partial charge < -0.3 is 9.32 Å². The van der Waals surface area contributed by atoms with Crippen LogP contribution in [0.25, 0.3) is 33.1 Å². The van der Waals surface area contributed by atoms with Crippen molar-refractivity contribution in [2.45, 2.75) is 37.0 Å². The summed E-state index contributed by atoms with van der Waals surface area (Å²) < 4.78 is 6.47. The van der Waals surface area contributed by atoms with Gasteiger partial charge in [0.05, 0.1) is 0 Å². The Balaban J connectivity index is 1.29. The van der Waals surface area contributed by atoms with Crippen LogP contribution in [0.15, 0.2) is 159 Å². The average Bonchev–Trinajstić information content (AvgIpc) is 3.48. The summed E-state index contributed by atoms with van der Waals surface area (Å²) >= 11 is 1.91. The van der Waals surface area contributed by atoms with E-state index in [9.17, 15) is 0 Å². The van der Waals surface area contributed by atoms with E-state index in [1.165, 1.54) is 54.2 Å². The third-order valence-electron chi connectivity index (χ3n) is 10.5. The third-order valence-corrected chi connectivity index (χ3v) is 11.7. The predicted octanol–water partition coefficient (Wildman–Crippen LogP) is 10.4. The molecule has 0 saturated heterocycles. The van der Waals surface area contributed by atoms with E-state index in [-0.39, 0.29) is 12.1 Å². The first-order valence-electron chi connectivity index (χ1n) is 16.3. The number of fused-ring (bicyclic) bond motifs is 6. The van der Waals surface area contributed by atoms with Gasteiger partial charge in [-0.3, -0.25) is 0 Å². The molecule has 1 aromatic heterocycles. The molecule has 46 heavy (non-hydrogen) atoms. The highest BCUT2D eigenvalue weighted by atomic mass is 32.2. The van der Waals surface area contributed by atoms with Gasteiger partial charge in [0, 0.05) is 49.6 Å².